The quantitative estimate of drug-likeness (QED) is 0.614. The molecule has 0 radical (unpaired) electrons. The minimum atomic E-state index is -0.597. The van der Waals surface area contributed by atoms with E-state index in [1.54, 1.807) is 6.07 Å². The molecule has 1 aromatic heterocycles. The van der Waals surface area contributed by atoms with Gasteiger partial charge >= 0.3 is 0 Å². The Morgan fingerprint density at radius 3 is 2.66 bits per heavy atom. The normalized spacial score (nSPS) is 20.6. The molecule has 1 saturated heterocycles. The van der Waals surface area contributed by atoms with Crippen molar-refractivity contribution in [1.82, 2.24) is 4.57 Å². The molecule has 3 aromatic rings. The number of nitrogens with zero attached hydrogens (tertiary/aromatic N) is 2. The molecular weight excluding hydrogens is 404 g/mol. The van der Waals surface area contributed by atoms with Crippen LogP contribution >= 0.6 is 0 Å². The van der Waals surface area contributed by atoms with Crippen LogP contribution in [0.5, 0.6) is 5.75 Å². The first kappa shape index (κ1) is 20.7. The predicted molar refractivity (Wildman–Crippen MR) is 120 cm³/mol. The predicted octanol–water partition coefficient (Wildman–Crippen LogP) is 4.45. The van der Waals surface area contributed by atoms with Crippen LogP contribution in [-0.2, 0) is 21.9 Å². The summed E-state index contributed by atoms with van der Waals surface area (Å²) < 4.78 is 19.4. The molecule has 0 amide bonds. The van der Waals surface area contributed by atoms with Crippen molar-refractivity contribution >= 4 is 16.7 Å². The summed E-state index contributed by atoms with van der Waals surface area (Å²) in [6, 6.07) is 13.4. The standard InChI is InChI=1S/C26H26N2O4/c1-25(2)20-9-7-16(30-13-17-14-31-26(3,4)32-17)11-19(20)23(29)22-18-8-6-15(12-27)10-21(18)28(5)24(22)25/h6-11,17H,13-14H2,1-5H3/t17-/m0/s1. The van der Waals surface area contributed by atoms with Crippen LogP contribution in [-0.4, -0.2) is 35.5 Å². The zero-order valence-electron chi connectivity index (χ0n) is 19.0. The van der Waals surface area contributed by atoms with Crippen LogP contribution in [0.25, 0.3) is 10.9 Å². The van der Waals surface area contributed by atoms with Crippen molar-refractivity contribution in [1.29, 1.82) is 5.26 Å². The lowest BCUT2D eigenvalue weighted by Gasteiger charge is -2.33. The van der Waals surface area contributed by atoms with Crippen molar-refractivity contribution in [3.05, 3.63) is 64.3 Å². The average molecular weight is 431 g/mol. The molecule has 0 unspecified atom stereocenters. The topological polar surface area (TPSA) is 73.5 Å². The first-order valence-corrected chi connectivity index (χ1v) is 10.8. The Morgan fingerprint density at radius 1 is 1.19 bits per heavy atom. The second kappa shape index (κ2) is 6.93. The molecule has 0 N–H and O–H groups in total. The third-order valence-corrected chi connectivity index (χ3v) is 6.56. The van der Waals surface area contributed by atoms with Gasteiger partial charge in [0, 0.05) is 29.1 Å². The Labute approximate surface area is 187 Å². The molecule has 2 aromatic carbocycles. The third-order valence-electron chi connectivity index (χ3n) is 6.56. The van der Waals surface area contributed by atoms with Gasteiger partial charge in [-0.15, -0.1) is 0 Å². The maximum Gasteiger partial charge on any atom is 0.195 e. The van der Waals surface area contributed by atoms with Crippen LogP contribution in [0, 0.1) is 11.3 Å². The molecule has 2 heterocycles. The van der Waals surface area contributed by atoms with E-state index in [1.165, 1.54) is 0 Å². The molecule has 1 atom stereocenters. The third kappa shape index (κ3) is 3.04. The van der Waals surface area contributed by atoms with Crippen molar-refractivity contribution in [2.24, 2.45) is 7.05 Å². The number of nitriles is 1. The van der Waals surface area contributed by atoms with E-state index in [9.17, 15) is 10.1 Å². The highest BCUT2D eigenvalue weighted by atomic mass is 16.7. The molecule has 1 aliphatic heterocycles. The molecule has 164 valence electrons. The second-order valence-electron chi connectivity index (χ2n) is 9.55. The summed E-state index contributed by atoms with van der Waals surface area (Å²) in [6.07, 6.45) is -0.146. The maximum atomic E-state index is 13.7. The number of benzene rings is 2. The molecular formula is C26H26N2O4. The number of ether oxygens (including phenoxy) is 3. The van der Waals surface area contributed by atoms with Crippen molar-refractivity contribution in [2.75, 3.05) is 13.2 Å². The molecule has 0 bridgehead atoms. The van der Waals surface area contributed by atoms with E-state index < -0.39 is 5.79 Å². The number of carbonyl (C=O) groups is 1. The van der Waals surface area contributed by atoms with Crippen LogP contribution in [0.2, 0.25) is 0 Å². The van der Waals surface area contributed by atoms with Gasteiger partial charge in [0.2, 0.25) is 0 Å². The molecule has 6 nitrogen and oxygen atoms in total. The van der Waals surface area contributed by atoms with E-state index in [4.69, 9.17) is 14.2 Å². The highest BCUT2D eigenvalue weighted by molar-refractivity contribution is 6.20. The average Bonchev–Trinajstić information content (AvgIpc) is 3.27. The minimum absolute atomic E-state index is 0.0170. The number of ketones is 1. The summed E-state index contributed by atoms with van der Waals surface area (Å²) in [5.74, 6) is 0.0216. The summed E-state index contributed by atoms with van der Waals surface area (Å²) in [5, 5.41) is 10.2. The first-order chi connectivity index (χ1) is 15.1. The van der Waals surface area contributed by atoms with Gasteiger partial charge in [-0.05, 0) is 43.7 Å². The minimum Gasteiger partial charge on any atom is -0.491 e. The van der Waals surface area contributed by atoms with Gasteiger partial charge in [-0.25, -0.2) is 0 Å². The molecule has 5 rings (SSSR count). The Hall–Kier alpha value is -3.14. The lowest BCUT2D eigenvalue weighted by Crippen LogP contribution is -2.32. The molecule has 0 spiro atoms. The Bertz CT molecular complexity index is 1310. The highest BCUT2D eigenvalue weighted by Gasteiger charge is 2.41. The number of rotatable bonds is 3. The Morgan fingerprint density at radius 2 is 1.97 bits per heavy atom. The van der Waals surface area contributed by atoms with Crippen LogP contribution < -0.4 is 4.74 Å². The fraction of sp³-hybridized carbons (Fsp3) is 0.385. The number of aromatic nitrogens is 1. The van der Waals surface area contributed by atoms with E-state index in [0.29, 0.717) is 35.7 Å². The van der Waals surface area contributed by atoms with E-state index >= 15 is 0 Å². The second-order valence-corrected chi connectivity index (χ2v) is 9.55. The van der Waals surface area contributed by atoms with E-state index in [-0.39, 0.29) is 17.3 Å². The van der Waals surface area contributed by atoms with E-state index in [1.807, 2.05) is 51.2 Å². The highest BCUT2D eigenvalue weighted by Crippen LogP contribution is 2.45. The Kier molecular flexibility index (Phi) is 4.49. The van der Waals surface area contributed by atoms with Gasteiger partial charge in [0.05, 0.1) is 29.3 Å². The van der Waals surface area contributed by atoms with Crippen molar-refractivity contribution < 1.29 is 19.0 Å². The van der Waals surface area contributed by atoms with E-state index in [0.717, 1.165) is 22.2 Å². The monoisotopic (exact) mass is 430 g/mol. The Balaban J connectivity index is 1.54. The summed E-state index contributed by atoms with van der Waals surface area (Å²) in [7, 11) is 1.96. The largest absolute Gasteiger partial charge is 0.491 e. The molecule has 6 heteroatoms. The van der Waals surface area contributed by atoms with Crippen molar-refractivity contribution in [2.45, 2.75) is 45.0 Å². The SMILES string of the molecule is Cn1c2c(c3ccc(C#N)cc31)C(=O)c1cc(OC[C@H]3COC(C)(C)O3)ccc1C2(C)C. The summed E-state index contributed by atoms with van der Waals surface area (Å²) in [4.78, 5) is 13.7. The van der Waals surface area contributed by atoms with Gasteiger partial charge in [-0.1, -0.05) is 26.0 Å². The number of hydrogen-bond donors (Lipinski definition) is 0. The van der Waals surface area contributed by atoms with Crippen LogP contribution in [0.1, 0.15) is 60.4 Å². The molecule has 1 fully saturated rings. The maximum absolute atomic E-state index is 13.7. The van der Waals surface area contributed by atoms with Crippen molar-refractivity contribution in [3.63, 3.8) is 0 Å². The fourth-order valence-electron chi connectivity index (χ4n) is 5.11. The number of fused-ring (bicyclic) bond motifs is 4. The zero-order valence-corrected chi connectivity index (χ0v) is 19.0. The smallest absolute Gasteiger partial charge is 0.195 e. The molecule has 2 aliphatic rings. The van der Waals surface area contributed by atoms with Gasteiger partial charge in [0.25, 0.3) is 0 Å². The number of carbonyl (C=O) groups excluding carboxylic acids is 1. The molecule has 32 heavy (non-hydrogen) atoms. The zero-order chi connectivity index (χ0) is 22.8. The number of hydrogen-bond acceptors (Lipinski definition) is 5. The lowest BCUT2D eigenvalue weighted by molar-refractivity contribution is -0.141. The summed E-state index contributed by atoms with van der Waals surface area (Å²) in [5.41, 5.74) is 4.37. The fourth-order valence-corrected chi connectivity index (χ4v) is 5.11. The van der Waals surface area contributed by atoms with Crippen molar-refractivity contribution in [3.8, 4) is 11.8 Å². The van der Waals surface area contributed by atoms with Crippen LogP contribution in [0.3, 0.4) is 0 Å². The van der Waals surface area contributed by atoms with Crippen LogP contribution in [0.4, 0.5) is 0 Å². The molecule has 0 saturated carbocycles. The lowest BCUT2D eigenvalue weighted by atomic mass is 9.71. The van der Waals surface area contributed by atoms with Gasteiger partial charge in [0.15, 0.2) is 11.6 Å². The summed E-state index contributed by atoms with van der Waals surface area (Å²) >= 11 is 0. The van der Waals surface area contributed by atoms with Gasteiger partial charge < -0.3 is 18.8 Å². The summed E-state index contributed by atoms with van der Waals surface area (Å²) in [6.45, 7) is 8.87. The van der Waals surface area contributed by atoms with Gasteiger partial charge in [0.1, 0.15) is 18.5 Å². The van der Waals surface area contributed by atoms with Gasteiger partial charge in [-0.2, -0.15) is 5.26 Å². The van der Waals surface area contributed by atoms with Crippen LogP contribution in [0.15, 0.2) is 36.4 Å². The van der Waals surface area contributed by atoms with Gasteiger partial charge in [-0.3, -0.25) is 4.79 Å². The first-order valence-electron chi connectivity index (χ1n) is 10.8. The number of aryl methyl sites for hydroxylation is 1. The molecule has 1 aliphatic carbocycles. The van der Waals surface area contributed by atoms with E-state index in [2.05, 4.69) is 24.5 Å².